The highest BCUT2D eigenvalue weighted by atomic mass is 19.4. The van der Waals surface area contributed by atoms with E-state index in [1.54, 1.807) is 0 Å². The van der Waals surface area contributed by atoms with Gasteiger partial charge in [-0.15, -0.1) is 10.0 Å². The zero-order valence-electron chi connectivity index (χ0n) is 4.87. The van der Waals surface area contributed by atoms with Crippen LogP contribution < -0.4 is 0 Å². The second kappa shape index (κ2) is 2.01. The summed E-state index contributed by atoms with van der Waals surface area (Å²) in [5.74, 6) is 0. The number of hydrazine groups is 1. The van der Waals surface area contributed by atoms with Crippen LogP contribution in [0.25, 0.3) is 0 Å². The smallest absolute Gasteiger partial charge is 0.154 e. The van der Waals surface area contributed by atoms with E-state index >= 15 is 0 Å². The molecule has 0 radical (unpaired) electrons. The first-order valence-electron chi connectivity index (χ1n) is 2.41. The molecule has 1 rings (SSSR count). The monoisotopic (exact) mass is 180 g/mol. The van der Waals surface area contributed by atoms with Crippen LogP contribution in [0.15, 0.2) is 0 Å². The molecule has 1 aliphatic heterocycles. The Labute approximate surface area is 56.9 Å². The Bertz CT molecular complexity index is 140. The Kier molecular flexibility index (Phi) is 1.57. The quantitative estimate of drug-likeness (QED) is 0.316. The summed E-state index contributed by atoms with van der Waals surface area (Å²) in [5.41, 5.74) is 0. The van der Waals surface area contributed by atoms with E-state index in [-0.39, 0.29) is 0 Å². The van der Waals surface area contributed by atoms with Gasteiger partial charge in [-0.1, -0.05) is 0 Å². The third kappa shape index (κ3) is 1.74. The normalized spacial score (nSPS) is 32.2. The molecule has 1 fully saturated rings. The predicted octanol–water partition coefficient (Wildman–Crippen LogP) is 1.52. The van der Waals surface area contributed by atoms with E-state index < -0.39 is 29.3 Å². The van der Waals surface area contributed by atoms with Crippen LogP contribution in [0.3, 0.4) is 0 Å². The van der Waals surface area contributed by atoms with Crippen LogP contribution in [-0.4, -0.2) is 29.3 Å². The van der Waals surface area contributed by atoms with Crippen molar-refractivity contribution in [2.45, 2.75) is 12.6 Å². The fourth-order valence-corrected chi connectivity index (χ4v) is 0.533. The standard InChI is InChI=1S/C3H2F6N2/c4-2(5,6)10-1-11(10)3(7,8)9/h1H2. The van der Waals surface area contributed by atoms with Crippen molar-refractivity contribution >= 4 is 0 Å². The minimum atomic E-state index is -4.92. The first-order chi connectivity index (χ1) is 4.73. The molecule has 66 valence electrons. The van der Waals surface area contributed by atoms with Gasteiger partial charge in [0.1, 0.15) is 0 Å². The molecule has 0 bridgehead atoms. The Balaban J connectivity index is 2.51. The summed E-state index contributed by atoms with van der Waals surface area (Å²) in [7, 11) is 0. The molecule has 0 saturated carbocycles. The lowest BCUT2D eigenvalue weighted by Crippen LogP contribution is -2.31. The van der Waals surface area contributed by atoms with Crippen molar-refractivity contribution in [3.63, 3.8) is 0 Å². The number of nitrogens with zero attached hydrogens (tertiary/aromatic N) is 2. The summed E-state index contributed by atoms with van der Waals surface area (Å²) in [6.07, 6.45) is -9.84. The van der Waals surface area contributed by atoms with Crippen LogP contribution in [-0.2, 0) is 0 Å². The summed E-state index contributed by atoms with van der Waals surface area (Å²) >= 11 is 0. The summed E-state index contributed by atoms with van der Waals surface area (Å²) in [6, 6.07) is 0. The molecule has 0 aliphatic carbocycles. The number of rotatable bonds is 0. The molecule has 2 atom stereocenters. The number of halogens is 6. The number of alkyl halides is 6. The summed E-state index contributed by atoms with van der Waals surface area (Å²) < 4.78 is 68.4. The Morgan fingerprint density at radius 2 is 1.00 bits per heavy atom. The van der Waals surface area contributed by atoms with Crippen LogP contribution in [0.5, 0.6) is 0 Å². The van der Waals surface area contributed by atoms with E-state index in [9.17, 15) is 26.3 Å². The maximum atomic E-state index is 11.4. The van der Waals surface area contributed by atoms with E-state index in [1.165, 1.54) is 0 Å². The lowest BCUT2D eigenvalue weighted by Gasteiger charge is -2.10. The molecule has 0 amide bonds. The van der Waals surface area contributed by atoms with Gasteiger partial charge in [0.25, 0.3) is 0 Å². The number of hydrogen-bond donors (Lipinski definition) is 0. The highest BCUT2D eigenvalue weighted by Gasteiger charge is 2.62. The van der Waals surface area contributed by atoms with Crippen LogP contribution in [0, 0.1) is 0 Å². The van der Waals surface area contributed by atoms with E-state index in [0.717, 1.165) is 0 Å². The van der Waals surface area contributed by atoms with Gasteiger partial charge in [-0.05, 0) is 0 Å². The summed E-state index contributed by atoms with van der Waals surface area (Å²) in [5, 5.41) is -1.46. The molecule has 0 aromatic carbocycles. The Hall–Kier alpha value is -0.500. The second-order valence-corrected chi connectivity index (χ2v) is 1.88. The molecule has 1 heterocycles. The second-order valence-electron chi connectivity index (χ2n) is 1.88. The van der Waals surface area contributed by atoms with E-state index in [4.69, 9.17) is 0 Å². The van der Waals surface area contributed by atoms with Gasteiger partial charge in [-0.3, -0.25) is 0 Å². The molecular formula is C3H2F6N2. The van der Waals surface area contributed by atoms with Crippen LogP contribution in [0.4, 0.5) is 26.3 Å². The summed E-state index contributed by atoms with van der Waals surface area (Å²) in [4.78, 5) is 0. The van der Waals surface area contributed by atoms with E-state index in [2.05, 4.69) is 0 Å². The van der Waals surface area contributed by atoms with Gasteiger partial charge in [-0.2, -0.15) is 26.3 Å². The first kappa shape index (κ1) is 8.60. The summed E-state index contributed by atoms with van der Waals surface area (Å²) in [6.45, 7) is -1.13. The third-order valence-electron chi connectivity index (χ3n) is 1.06. The van der Waals surface area contributed by atoms with Crippen molar-refractivity contribution in [3.8, 4) is 0 Å². The Morgan fingerprint density at radius 3 is 1.09 bits per heavy atom. The first-order valence-corrected chi connectivity index (χ1v) is 2.41. The van der Waals surface area contributed by atoms with Gasteiger partial charge < -0.3 is 0 Å². The molecule has 0 spiro atoms. The highest BCUT2D eigenvalue weighted by molar-refractivity contribution is 4.72. The van der Waals surface area contributed by atoms with Gasteiger partial charge in [0.15, 0.2) is 0 Å². The van der Waals surface area contributed by atoms with Gasteiger partial charge >= 0.3 is 12.6 Å². The topological polar surface area (TPSA) is 6.02 Å². The van der Waals surface area contributed by atoms with E-state index in [1.807, 2.05) is 0 Å². The van der Waals surface area contributed by atoms with Crippen molar-refractivity contribution in [3.05, 3.63) is 0 Å². The van der Waals surface area contributed by atoms with Crippen molar-refractivity contribution in [2.75, 3.05) is 6.67 Å². The molecule has 11 heavy (non-hydrogen) atoms. The number of hydrogen-bond acceptors (Lipinski definition) is 2. The molecule has 2 nitrogen and oxygen atoms in total. The van der Waals surface area contributed by atoms with Crippen molar-refractivity contribution in [1.29, 1.82) is 0 Å². The fourth-order valence-electron chi connectivity index (χ4n) is 0.533. The predicted molar refractivity (Wildman–Crippen MR) is 20.7 cm³/mol. The average molecular weight is 180 g/mol. The molecule has 1 saturated heterocycles. The van der Waals surface area contributed by atoms with Crippen LogP contribution in [0.1, 0.15) is 0 Å². The molecular weight excluding hydrogens is 178 g/mol. The van der Waals surface area contributed by atoms with Crippen molar-refractivity contribution in [1.82, 2.24) is 10.0 Å². The van der Waals surface area contributed by atoms with Crippen molar-refractivity contribution < 1.29 is 26.3 Å². The van der Waals surface area contributed by atoms with Gasteiger partial charge in [0.2, 0.25) is 0 Å². The molecule has 0 N–H and O–H groups in total. The SMILES string of the molecule is FC(F)(F)N1CN1C(F)(F)F. The minimum absolute atomic E-state index is 0.729. The highest BCUT2D eigenvalue weighted by Crippen LogP contribution is 2.39. The van der Waals surface area contributed by atoms with Gasteiger partial charge in [0, 0.05) is 0 Å². The zero-order valence-corrected chi connectivity index (χ0v) is 4.87. The fraction of sp³-hybridized carbons (Fsp3) is 1.00. The van der Waals surface area contributed by atoms with Crippen molar-refractivity contribution in [2.24, 2.45) is 0 Å². The van der Waals surface area contributed by atoms with Gasteiger partial charge in [-0.25, -0.2) is 0 Å². The molecule has 0 aromatic rings. The minimum Gasteiger partial charge on any atom is -0.154 e. The maximum absolute atomic E-state index is 11.4. The van der Waals surface area contributed by atoms with Gasteiger partial charge in [0.05, 0.1) is 6.67 Å². The Morgan fingerprint density at radius 1 is 0.727 bits per heavy atom. The average Bonchev–Trinajstić information content (AvgIpc) is 2.30. The lowest BCUT2D eigenvalue weighted by atomic mass is 11.1. The van der Waals surface area contributed by atoms with Crippen LogP contribution in [0.2, 0.25) is 0 Å². The van der Waals surface area contributed by atoms with E-state index in [0.29, 0.717) is 0 Å². The third-order valence-corrected chi connectivity index (χ3v) is 1.06. The maximum Gasteiger partial charge on any atom is 0.474 e. The molecule has 2 unspecified atom stereocenters. The molecule has 0 aromatic heterocycles. The largest absolute Gasteiger partial charge is 0.474 e. The van der Waals surface area contributed by atoms with Crippen LogP contribution >= 0.6 is 0 Å². The lowest BCUT2D eigenvalue weighted by molar-refractivity contribution is -0.292. The zero-order chi connectivity index (χ0) is 8.86. The molecule has 1 aliphatic rings. The molecule has 8 heteroatoms.